The Bertz CT molecular complexity index is 491. The van der Waals surface area contributed by atoms with Gasteiger partial charge in [-0.3, -0.25) is 0 Å². The highest BCUT2D eigenvalue weighted by Gasteiger charge is 2.18. The molecule has 96 valence electrons. The zero-order valence-electron chi connectivity index (χ0n) is 10.2. The molecule has 0 aliphatic heterocycles. The maximum Gasteiger partial charge on any atom is 0.339 e. The number of nitrogens with zero attached hydrogens (tertiary/aromatic N) is 1. The normalized spacial score (nSPS) is 10.8. The second-order valence-corrected chi connectivity index (χ2v) is 5.37. The summed E-state index contributed by atoms with van der Waals surface area (Å²) in [5.41, 5.74) is -0.371. The topological polar surface area (TPSA) is 70.3 Å². The van der Waals surface area contributed by atoms with Crippen LogP contribution < -0.4 is 4.74 Å². The van der Waals surface area contributed by atoms with Crippen molar-refractivity contribution in [2.75, 3.05) is 6.61 Å². The molecule has 0 aliphatic rings. The fraction of sp³-hybridized carbons (Fsp3) is 0.385. The number of benzene rings is 1. The largest absolute Gasteiger partial charge is 0.491 e. The molecule has 0 atom stereocenters. The molecule has 5 heteroatoms. The number of carbonyl (C=O) groups is 1. The summed E-state index contributed by atoms with van der Waals surface area (Å²) in [4.78, 5) is 11.0. The number of hydrogen-bond acceptors (Lipinski definition) is 3. The molecule has 4 nitrogen and oxygen atoms in total. The molecule has 0 radical (unpaired) electrons. The molecule has 0 spiro atoms. The van der Waals surface area contributed by atoms with Crippen molar-refractivity contribution < 1.29 is 14.6 Å². The first-order valence-corrected chi connectivity index (χ1v) is 6.22. The Morgan fingerprint density at radius 2 is 2.22 bits per heavy atom. The Morgan fingerprint density at radius 1 is 1.56 bits per heavy atom. The minimum absolute atomic E-state index is 0.110. The van der Waals surface area contributed by atoms with E-state index in [0.717, 1.165) is 0 Å². The van der Waals surface area contributed by atoms with E-state index in [9.17, 15) is 4.79 Å². The highest BCUT2D eigenvalue weighted by Crippen LogP contribution is 2.30. The Hall–Kier alpha value is -1.54. The molecule has 0 unspecified atom stereocenters. The van der Waals surface area contributed by atoms with Crippen molar-refractivity contribution in [3.8, 4) is 11.8 Å². The van der Waals surface area contributed by atoms with Gasteiger partial charge in [0.05, 0.1) is 22.6 Å². The van der Waals surface area contributed by atoms with E-state index in [1.54, 1.807) is 12.1 Å². The number of carboxylic acid groups (broad SMARTS) is 1. The predicted octanol–water partition coefficient (Wildman–Crippen LogP) is 3.47. The number of para-hydroxylation sites is 1. The van der Waals surface area contributed by atoms with E-state index in [1.165, 1.54) is 6.07 Å². The average molecular weight is 312 g/mol. The van der Waals surface area contributed by atoms with Crippen molar-refractivity contribution in [1.29, 1.82) is 5.26 Å². The molecule has 1 aromatic carbocycles. The van der Waals surface area contributed by atoms with Crippen LogP contribution in [-0.4, -0.2) is 17.7 Å². The summed E-state index contributed by atoms with van der Waals surface area (Å²) in [5.74, 6) is -0.732. The SMILES string of the molecule is CC(C)(C#N)CCOc1c(Br)cccc1C(=O)O. The summed E-state index contributed by atoms with van der Waals surface area (Å²) in [6.45, 7) is 3.92. The maximum absolute atomic E-state index is 11.0. The van der Waals surface area contributed by atoms with Gasteiger partial charge in [-0.1, -0.05) is 6.07 Å². The molecule has 18 heavy (non-hydrogen) atoms. The molecule has 1 rings (SSSR count). The van der Waals surface area contributed by atoms with Crippen LogP contribution in [0.15, 0.2) is 22.7 Å². The van der Waals surface area contributed by atoms with Crippen LogP contribution in [0, 0.1) is 16.7 Å². The summed E-state index contributed by atoms with van der Waals surface area (Å²) >= 11 is 3.26. The van der Waals surface area contributed by atoms with Crippen LogP contribution >= 0.6 is 15.9 Å². The summed E-state index contributed by atoms with van der Waals surface area (Å²) in [6.07, 6.45) is 0.532. The molecule has 0 saturated carbocycles. The fourth-order valence-corrected chi connectivity index (χ4v) is 1.77. The van der Waals surface area contributed by atoms with Gasteiger partial charge in [-0.15, -0.1) is 0 Å². The molecule has 0 saturated heterocycles. The van der Waals surface area contributed by atoms with E-state index in [4.69, 9.17) is 15.1 Å². The van der Waals surface area contributed by atoms with Crippen molar-refractivity contribution in [3.05, 3.63) is 28.2 Å². The van der Waals surface area contributed by atoms with Gasteiger partial charge in [-0.2, -0.15) is 5.26 Å². The van der Waals surface area contributed by atoms with Crippen LogP contribution in [-0.2, 0) is 0 Å². The Labute approximate surface area is 114 Å². The zero-order chi connectivity index (χ0) is 13.8. The molecule has 0 aliphatic carbocycles. The molecule has 0 heterocycles. The molecule has 0 amide bonds. The van der Waals surface area contributed by atoms with Crippen LogP contribution in [0.3, 0.4) is 0 Å². The summed E-state index contributed by atoms with van der Waals surface area (Å²) in [7, 11) is 0. The van der Waals surface area contributed by atoms with Crippen LogP contribution in [0.4, 0.5) is 0 Å². The van der Waals surface area contributed by atoms with E-state index in [1.807, 2.05) is 13.8 Å². The third-order valence-corrected chi connectivity index (χ3v) is 3.10. The van der Waals surface area contributed by atoms with Gasteiger partial charge >= 0.3 is 5.97 Å². The zero-order valence-corrected chi connectivity index (χ0v) is 11.8. The standard InChI is InChI=1S/C13H14BrNO3/c1-13(2,8-15)6-7-18-11-9(12(16)17)4-3-5-10(11)14/h3-5H,6-7H2,1-2H3,(H,16,17). The minimum atomic E-state index is -1.04. The van der Waals surface area contributed by atoms with E-state index >= 15 is 0 Å². The van der Waals surface area contributed by atoms with Gasteiger partial charge in [0.25, 0.3) is 0 Å². The van der Waals surface area contributed by atoms with Gasteiger partial charge in [0.1, 0.15) is 11.3 Å². The first-order valence-electron chi connectivity index (χ1n) is 5.43. The van der Waals surface area contributed by atoms with E-state index < -0.39 is 11.4 Å². The van der Waals surface area contributed by atoms with Crippen molar-refractivity contribution in [2.24, 2.45) is 5.41 Å². The smallest absolute Gasteiger partial charge is 0.339 e. The lowest BCUT2D eigenvalue weighted by atomic mass is 9.92. The number of rotatable bonds is 5. The van der Waals surface area contributed by atoms with Gasteiger partial charge in [-0.25, -0.2) is 4.79 Å². The third kappa shape index (κ3) is 3.74. The van der Waals surface area contributed by atoms with Gasteiger partial charge in [0.2, 0.25) is 0 Å². The number of ether oxygens (including phenoxy) is 1. The number of aromatic carboxylic acids is 1. The minimum Gasteiger partial charge on any atom is -0.491 e. The van der Waals surface area contributed by atoms with Crippen LogP contribution in [0.5, 0.6) is 5.75 Å². The third-order valence-electron chi connectivity index (χ3n) is 2.47. The summed E-state index contributed by atoms with van der Waals surface area (Å²) < 4.78 is 6.08. The Kier molecular flexibility index (Phi) is 4.74. The lowest BCUT2D eigenvalue weighted by Crippen LogP contribution is -2.14. The van der Waals surface area contributed by atoms with Gasteiger partial charge in [-0.05, 0) is 48.3 Å². The Balaban J connectivity index is 2.80. The summed E-state index contributed by atoms with van der Waals surface area (Å²) in [5, 5.41) is 17.9. The van der Waals surface area contributed by atoms with Crippen LogP contribution in [0.1, 0.15) is 30.6 Å². The number of halogens is 1. The second-order valence-electron chi connectivity index (χ2n) is 4.52. The fourth-order valence-electron chi connectivity index (χ4n) is 1.29. The van der Waals surface area contributed by atoms with E-state index in [2.05, 4.69) is 22.0 Å². The van der Waals surface area contributed by atoms with E-state index in [0.29, 0.717) is 23.2 Å². The molecule has 1 N–H and O–H groups in total. The van der Waals surface area contributed by atoms with Crippen molar-refractivity contribution in [1.82, 2.24) is 0 Å². The van der Waals surface area contributed by atoms with Gasteiger partial charge < -0.3 is 9.84 Å². The highest BCUT2D eigenvalue weighted by atomic mass is 79.9. The van der Waals surface area contributed by atoms with Crippen LogP contribution in [0.2, 0.25) is 0 Å². The maximum atomic E-state index is 11.0. The molecule has 0 bridgehead atoms. The number of nitriles is 1. The van der Waals surface area contributed by atoms with Crippen molar-refractivity contribution in [3.63, 3.8) is 0 Å². The van der Waals surface area contributed by atoms with Gasteiger partial charge in [0.15, 0.2) is 0 Å². The average Bonchev–Trinajstić information content (AvgIpc) is 2.30. The number of hydrogen-bond donors (Lipinski definition) is 1. The highest BCUT2D eigenvalue weighted by molar-refractivity contribution is 9.10. The summed E-state index contributed by atoms with van der Waals surface area (Å²) in [6, 6.07) is 7.01. The number of carboxylic acids is 1. The van der Waals surface area contributed by atoms with Crippen molar-refractivity contribution >= 4 is 21.9 Å². The molecule has 0 fully saturated rings. The lowest BCUT2D eigenvalue weighted by Gasteiger charge is -2.16. The monoisotopic (exact) mass is 311 g/mol. The molecule has 0 aromatic heterocycles. The predicted molar refractivity (Wildman–Crippen MR) is 70.6 cm³/mol. The molecule has 1 aromatic rings. The first-order chi connectivity index (χ1) is 8.37. The molecular weight excluding hydrogens is 298 g/mol. The quantitative estimate of drug-likeness (QED) is 0.904. The Morgan fingerprint density at radius 3 is 2.78 bits per heavy atom. The van der Waals surface area contributed by atoms with Gasteiger partial charge in [0, 0.05) is 0 Å². The lowest BCUT2D eigenvalue weighted by molar-refractivity contribution is 0.0691. The first kappa shape index (κ1) is 14.5. The second kappa shape index (κ2) is 5.87. The van der Waals surface area contributed by atoms with Crippen molar-refractivity contribution in [2.45, 2.75) is 20.3 Å². The molecular formula is C13H14BrNO3. The van der Waals surface area contributed by atoms with Crippen LogP contribution in [0.25, 0.3) is 0 Å². The van der Waals surface area contributed by atoms with E-state index in [-0.39, 0.29) is 5.56 Å².